The van der Waals surface area contributed by atoms with Gasteiger partial charge < -0.3 is 20.3 Å². The molecule has 5 heteroatoms. The molecule has 2 N–H and O–H groups in total. The fraction of sp³-hybridized carbons (Fsp3) is 0.611. The lowest BCUT2D eigenvalue weighted by Crippen LogP contribution is -2.50. The summed E-state index contributed by atoms with van der Waals surface area (Å²) in [5.74, 6) is 0.674. The first-order valence-electron chi connectivity index (χ1n) is 8.46. The van der Waals surface area contributed by atoms with Crippen LogP contribution < -0.4 is 10.6 Å². The molecule has 1 saturated heterocycles. The Bertz CT molecular complexity index is 582. The highest BCUT2D eigenvalue weighted by Gasteiger charge is 2.28. The Morgan fingerprint density at radius 3 is 2.35 bits per heavy atom. The molecule has 0 spiro atoms. The Morgan fingerprint density at radius 1 is 1.17 bits per heavy atom. The van der Waals surface area contributed by atoms with Crippen molar-refractivity contribution in [2.45, 2.75) is 45.1 Å². The summed E-state index contributed by atoms with van der Waals surface area (Å²) >= 11 is 0. The fourth-order valence-corrected chi connectivity index (χ4v) is 3.00. The van der Waals surface area contributed by atoms with Crippen LogP contribution in [-0.2, 0) is 4.74 Å². The highest BCUT2D eigenvalue weighted by molar-refractivity contribution is 5.69. The van der Waals surface area contributed by atoms with Crippen molar-refractivity contribution in [2.24, 2.45) is 0 Å². The average Bonchev–Trinajstić information content (AvgIpc) is 3.30. The van der Waals surface area contributed by atoms with Crippen LogP contribution in [0.15, 0.2) is 18.2 Å². The Labute approximate surface area is 138 Å². The monoisotopic (exact) mass is 317 g/mol. The van der Waals surface area contributed by atoms with Gasteiger partial charge in [-0.2, -0.15) is 0 Å². The lowest BCUT2D eigenvalue weighted by molar-refractivity contribution is 0.0240. The molecule has 3 rings (SSSR count). The molecule has 1 aliphatic carbocycles. The Morgan fingerprint density at radius 2 is 1.83 bits per heavy atom. The van der Waals surface area contributed by atoms with Gasteiger partial charge in [-0.3, -0.25) is 0 Å². The van der Waals surface area contributed by atoms with E-state index in [1.807, 2.05) is 20.8 Å². The van der Waals surface area contributed by atoms with Crippen molar-refractivity contribution in [3.05, 3.63) is 23.8 Å². The number of benzene rings is 1. The third kappa shape index (κ3) is 3.89. The third-order valence-electron chi connectivity index (χ3n) is 4.38. The van der Waals surface area contributed by atoms with Crippen LogP contribution in [0.25, 0.3) is 0 Å². The number of hydrogen-bond donors (Lipinski definition) is 1. The zero-order valence-corrected chi connectivity index (χ0v) is 14.3. The second-order valence-corrected chi connectivity index (χ2v) is 7.54. The van der Waals surface area contributed by atoms with Gasteiger partial charge in [0.1, 0.15) is 5.60 Å². The number of nitrogens with zero attached hydrogens (tertiary/aromatic N) is 2. The lowest BCUT2D eigenvalue weighted by atomic mass is 10.1. The molecule has 1 aliphatic heterocycles. The highest BCUT2D eigenvalue weighted by Crippen LogP contribution is 2.43. The summed E-state index contributed by atoms with van der Waals surface area (Å²) in [4.78, 5) is 16.2. The van der Waals surface area contributed by atoms with Crippen molar-refractivity contribution in [3.8, 4) is 0 Å². The summed E-state index contributed by atoms with van der Waals surface area (Å²) in [6.07, 6.45) is 2.30. The van der Waals surface area contributed by atoms with Crippen molar-refractivity contribution in [2.75, 3.05) is 36.8 Å². The Balaban J connectivity index is 1.58. The molecule has 0 bridgehead atoms. The Kier molecular flexibility index (Phi) is 4.13. The molecule has 126 valence electrons. The quantitative estimate of drug-likeness (QED) is 0.851. The predicted molar refractivity (Wildman–Crippen MR) is 92.8 cm³/mol. The summed E-state index contributed by atoms with van der Waals surface area (Å²) in [6.45, 7) is 8.66. The Hall–Kier alpha value is -1.91. The van der Waals surface area contributed by atoms with E-state index in [2.05, 4.69) is 23.1 Å². The van der Waals surface area contributed by atoms with E-state index in [4.69, 9.17) is 10.5 Å². The number of amides is 1. The summed E-state index contributed by atoms with van der Waals surface area (Å²) in [6, 6.07) is 6.41. The van der Waals surface area contributed by atoms with Crippen molar-refractivity contribution in [1.29, 1.82) is 0 Å². The molecule has 1 saturated carbocycles. The summed E-state index contributed by atoms with van der Waals surface area (Å²) in [5.41, 5.74) is 9.10. The molecule has 1 amide bonds. The van der Waals surface area contributed by atoms with Crippen LogP contribution in [0.5, 0.6) is 0 Å². The second-order valence-electron chi connectivity index (χ2n) is 7.54. The van der Waals surface area contributed by atoms with Crippen LogP contribution >= 0.6 is 0 Å². The average molecular weight is 317 g/mol. The van der Waals surface area contributed by atoms with Gasteiger partial charge in [-0.25, -0.2) is 4.79 Å². The maximum atomic E-state index is 12.1. The number of hydrogen-bond acceptors (Lipinski definition) is 4. The first-order chi connectivity index (χ1) is 10.8. The van der Waals surface area contributed by atoms with Gasteiger partial charge in [0.05, 0.1) is 0 Å². The molecule has 2 aliphatic rings. The number of ether oxygens (including phenoxy) is 1. The molecule has 0 aromatic heterocycles. The van der Waals surface area contributed by atoms with E-state index in [-0.39, 0.29) is 6.09 Å². The SMILES string of the molecule is CC(C)(C)OC(=O)N1CCN(c2ccc(C3CC3)c(N)c2)CC1. The van der Waals surface area contributed by atoms with Crippen molar-refractivity contribution in [3.63, 3.8) is 0 Å². The zero-order chi connectivity index (χ0) is 16.6. The van der Waals surface area contributed by atoms with E-state index in [0.717, 1.165) is 24.5 Å². The number of piperazine rings is 1. The number of nitrogen functional groups attached to an aromatic ring is 1. The van der Waals surface area contributed by atoms with Gasteiger partial charge in [0.25, 0.3) is 0 Å². The number of anilines is 2. The molecular formula is C18H27N3O2. The van der Waals surface area contributed by atoms with Gasteiger partial charge in [-0.15, -0.1) is 0 Å². The lowest BCUT2D eigenvalue weighted by Gasteiger charge is -2.37. The molecule has 0 radical (unpaired) electrons. The number of carbonyl (C=O) groups is 1. The summed E-state index contributed by atoms with van der Waals surface area (Å²) in [7, 11) is 0. The standard InChI is InChI=1S/C18H27N3O2/c1-18(2,3)23-17(22)21-10-8-20(9-11-21)14-6-7-15(13-4-5-13)16(19)12-14/h6-7,12-13H,4-5,8-11,19H2,1-3H3. The van der Waals surface area contributed by atoms with Crippen LogP contribution in [0.1, 0.15) is 45.1 Å². The zero-order valence-electron chi connectivity index (χ0n) is 14.3. The van der Waals surface area contributed by atoms with Crippen molar-refractivity contribution in [1.82, 2.24) is 4.90 Å². The maximum absolute atomic E-state index is 12.1. The highest BCUT2D eigenvalue weighted by atomic mass is 16.6. The van der Waals surface area contributed by atoms with Gasteiger partial charge in [-0.1, -0.05) is 6.07 Å². The largest absolute Gasteiger partial charge is 0.444 e. The van der Waals surface area contributed by atoms with E-state index in [9.17, 15) is 4.79 Å². The van der Waals surface area contributed by atoms with E-state index in [1.165, 1.54) is 18.4 Å². The normalized spacial score (nSPS) is 18.9. The minimum absolute atomic E-state index is 0.222. The van der Waals surface area contributed by atoms with E-state index in [1.54, 1.807) is 4.90 Å². The van der Waals surface area contributed by atoms with E-state index >= 15 is 0 Å². The maximum Gasteiger partial charge on any atom is 0.410 e. The smallest absolute Gasteiger partial charge is 0.410 e. The number of nitrogens with two attached hydrogens (primary N) is 1. The van der Waals surface area contributed by atoms with Gasteiger partial charge in [0, 0.05) is 37.6 Å². The molecular weight excluding hydrogens is 290 g/mol. The van der Waals surface area contributed by atoms with E-state index in [0.29, 0.717) is 19.0 Å². The first-order valence-corrected chi connectivity index (χ1v) is 8.46. The molecule has 1 aromatic rings. The predicted octanol–water partition coefficient (Wildman–Crippen LogP) is 3.20. The molecule has 2 fully saturated rings. The van der Waals surface area contributed by atoms with E-state index < -0.39 is 5.60 Å². The molecule has 5 nitrogen and oxygen atoms in total. The van der Waals surface area contributed by atoms with Gasteiger partial charge in [-0.05, 0) is 57.2 Å². The third-order valence-corrected chi connectivity index (χ3v) is 4.38. The summed E-state index contributed by atoms with van der Waals surface area (Å²) < 4.78 is 5.43. The number of rotatable bonds is 2. The van der Waals surface area contributed by atoms with Gasteiger partial charge in [0.15, 0.2) is 0 Å². The van der Waals surface area contributed by atoms with Gasteiger partial charge in [0.2, 0.25) is 0 Å². The molecule has 23 heavy (non-hydrogen) atoms. The minimum Gasteiger partial charge on any atom is -0.444 e. The number of carbonyl (C=O) groups excluding carboxylic acids is 1. The molecule has 1 aromatic carbocycles. The summed E-state index contributed by atoms with van der Waals surface area (Å²) in [5, 5.41) is 0. The topological polar surface area (TPSA) is 58.8 Å². The second kappa shape index (κ2) is 5.95. The van der Waals surface area contributed by atoms with Crippen LogP contribution in [0.2, 0.25) is 0 Å². The van der Waals surface area contributed by atoms with Crippen LogP contribution in [0, 0.1) is 0 Å². The first kappa shape index (κ1) is 16.0. The minimum atomic E-state index is -0.443. The molecule has 0 atom stereocenters. The van der Waals surface area contributed by atoms with Crippen LogP contribution in [-0.4, -0.2) is 42.8 Å². The van der Waals surface area contributed by atoms with Crippen molar-refractivity contribution >= 4 is 17.5 Å². The van der Waals surface area contributed by atoms with Crippen LogP contribution in [0.3, 0.4) is 0 Å². The van der Waals surface area contributed by atoms with Crippen LogP contribution in [0.4, 0.5) is 16.2 Å². The van der Waals surface area contributed by atoms with Crippen molar-refractivity contribution < 1.29 is 9.53 Å². The fourth-order valence-electron chi connectivity index (χ4n) is 3.00. The molecule has 0 unspecified atom stereocenters. The molecule has 1 heterocycles. The van der Waals surface area contributed by atoms with Gasteiger partial charge >= 0.3 is 6.09 Å².